The quantitative estimate of drug-likeness (QED) is 0.827. The van der Waals surface area contributed by atoms with Gasteiger partial charge in [-0.25, -0.2) is 9.97 Å². The monoisotopic (exact) mass is 355 g/mol. The molecule has 0 unspecified atom stereocenters. The molecule has 1 N–H and O–H groups in total. The Morgan fingerprint density at radius 2 is 1.80 bits per heavy atom. The zero-order chi connectivity index (χ0) is 18.3. The molecule has 0 saturated carbocycles. The highest BCUT2D eigenvalue weighted by Gasteiger charge is 2.29. The lowest BCUT2D eigenvalue weighted by molar-refractivity contribution is -0.154. The van der Waals surface area contributed by atoms with Crippen LogP contribution in [0.3, 0.4) is 0 Å². The van der Waals surface area contributed by atoms with E-state index in [9.17, 15) is 18.0 Å². The topological polar surface area (TPSA) is 73.3 Å². The van der Waals surface area contributed by atoms with E-state index in [1.165, 1.54) is 30.6 Å². The molecule has 0 aliphatic rings. The lowest BCUT2D eigenvalue weighted by Crippen LogP contribution is -2.25. The smallest absolute Gasteiger partial charge is 0.422 e. The van der Waals surface area contributed by atoms with E-state index < -0.39 is 18.7 Å². The van der Waals surface area contributed by atoms with Crippen LogP contribution in [0.1, 0.15) is 22.8 Å². The van der Waals surface area contributed by atoms with E-state index in [2.05, 4.69) is 20.0 Å². The van der Waals surface area contributed by atoms with E-state index in [1.54, 1.807) is 13.0 Å². The van der Waals surface area contributed by atoms with E-state index in [0.29, 0.717) is 12.2 Å². The summed E-state index contributed by atoms with van der Waals surface area (Å²) in [6.45, 7) is 0.591. The zero-order valence-electron chi connectivity index (χ0n) is 13.3. The fraction of sp³-hybridized carbons (Fsp3) is 0.312. The normalized spacial score (nSPS) is 11.0. The molecular weight excluding hydrogens is 339 g/mol. The summed E-state index contributed by atoms with van der Waals surface area (Å²) in [6, 6.07) is 6.18. The number of amides is 1. The third-order valence-corrected chi connectivity index (χ3v) is 2.96. The maximum absolute atomic E-state index is 12.3. The third-order valence-electron chi connectivity index (χ3n) is 2.96. The number of carbonyl (C=O) groups is 1. The summed E-state index contributed by atoms with van der Waals surface area (Å²) in [5, 5.41) is 2.59. The van der Waals surface area contributed by atoms with Gasteiger partial charge in [-0.2, -0.15) is 13.2 Å². The minimum Gasteiger partial charge on any atom is -0.477 e. The highest BCUT2D eigenvalue weighted by atomic mass is 19.4. The van der Waals surface area contributed by atoms with Crippen LogP contribution in [0, 0.1) is 0 Å². The summed E-state index contributed by atoms with van der Waals surface area (Å²) >= 11 is 0. The number of carbonyl (C=O) groups excluding carboxylic acids is 1. The molecule has 25 heavy (non-hydrogen) atoms. The molecule has 0 aliphatic heterocycles. The molecule has 0 saturated heterocycles. The van der Waals surface area contributed by atoms with Gasteiger partial charge >= 0.3 is 6.18 Å². The predicted octanol–water partition coefficient (Wildman–Crippen LogP) is 2.75. The molecule has 2 aromatic heterocycles. The Hall–Kier alpha value is -2.84. The lowest BCUT2D eigenvalue weighted by Gasteiger charge is -2.13. The highest BCUT2D eigenvalue weighted by molar-refractivity contribution is 5.96. The van der Waals surface area contributed by atoms with Gasteiger partial charge in [0, 0.05) is 24.5 Å². The summed E-state index contributed by atoms with van der Waals surface area (Å²) in [4.78, 5) is 20.0. The standard InChI is InChI=1S/C16H16F3N3O3/c1-2-24-15-12(6-4-8-21-15)13(23)22-9-11-5-3-7-20-14(11)25-10-16(17,18)19/h3-8H,2,9-10H2,1H3,(H,22,23). The van der Waals surface area contributed by atoms with Gasteiger partial charge in [-0.15, -0.1) is 0 Å². The summed E-state index contributed by atoms with van der Waals surface area (Å²) in [5.41, 5.74) is 0.549. The average Bonchev–Trinajstić information content (AvgIpc) is 2.58. The molecule has 9 heteroatoms. The molecule has 2 rings (SSSR count). The Kier molecular flexibility index (Phi) is 6.15. The molecule has 2 heterocycles. The lowest BCUT2D eigenvalue weighted by atomic mass is 10.2. The number of halogens is 3. The summed E-state index contributed by atoms with van der Waals surface area (Å²) in [7, 11) is 0. The number of ether oxygens (including phenoxy) is 2. The van der Waals surface area contributed by atoms with Gasteiger partial charge in [-0.1, -0.05) is 6.07 Å². The number of pyridine rings is 2. The van der Waals surface area contributed by atoms with Gasteiger partial charge in [0.2, 0.25) is 11.8 Å². The van der Waals surface area contributed by atoms with Gasteiger partial charge < -0.3 is 14.8 Å². The first-order chi connectivity index (χ1) is 11.9. The van der Waals surface area contributed by atoms with Crippen molar-refractivity contribution in [2.24, 2.45) is 0 Å². The van der Waals surface area contributed by atoms with E-state index in [1.807, 2.05) is 0 Å². The Morgan fingerprint density at radius 1 is 1.12 bits per heavy atom. The fourth-order valence-corrected chi connectivity index (χ4v) is 1.92. The summed E-state index contributed by atoms with van der Waals surface area (Å²) < 4.78 is 46.8. The van der Waals surface area contributed by atoms with E-state index in [-0.39, 0.29) is 23.9 Å². The van der Waals surface area contributed by atoms with Crippen LogP contribution in [0.5, 0.6) is 11.8 Å². The minimum atomic E-state index is -4.47. The van der Waals surface area contributed by atoms with Crippen molar-refractivity contribution in [2.45, 2.75) is 19.6 Å². The van der Waals surface area contributed by atoms with Gasteiger partial charge in [-0.05, 0) is 25.1 Å². The molecule has 134 valence electrons. The first kappa shape index (κ1) is 18.5. The number of alkyl halides is 3. The van der Waals surface area contributed by atoms with Crippen molar-refractivity contribution in [1.82, 2.24) is 15.3 Å². The maximum atomic E-state index is 12.3. The molecule has 0 fully saturated rings. The van der Waals surface area contributed by atoms with E-state index in [4.69, 9.17) is 4.74 Å². The fourth-order valence-electron chi connectivity index (χ4n) is 1.92. The second-order valence-corrected chi connectivity index (χ2v) is 4.84. The third kappa shape index (κ3) is 5.63. The Labute approximate surface area is 142 Å². The molecule has 1 amide bonds. The van der Waals surface area contributed by atoms with Crippen molar-refractivity contribution in [3.63, 3.8) is 0 Å². The average molecular weight is 355 g/mol. The Morgan fingerprint density at radius 3 is 2.48 bits per heavy atom. The van der Waals surface area contributed by atoms with Crippen LogP contribution >= 0.6 is 0 Å². The van der Waals surface area contributed by atoms with Crippen molar-refractivity contribution in [1.29, 1.82) is 0 Å². The molecule has 0 bridgehead atoms. The van der Waals surface area contributed by atoms with Gasteiger partial charge in [0.05, 0.1) is 6.61 Å². The van der Waals surface area contributed by atoms with Crippen LogP contribution in [0.4, 0.5) is 13.2 Å². The largest absolute Gasteiger partial charge is 0.477 e. The van der Waals surface area contributed by atoms with Crippen LogP contribution in [0.15, 0.2) is 36.7 Å². The van der Waals surface area contributed by atoms with E-state index >= 15 is 0 Å². The van der Waals surface area contributed by atoms with Crippen molar-refractivity contribution in [3.8, 4) is 11.8 Å². The van der Waals surface area contributed by atoms with Crippen LogP contribution in [-0.2, 0) is 6.54 Å². The molecular formula is C16H16F3N3O3. The maximum Gasteiger partial charge on any atom is 0.422 e. The second-order valence-electron chi connectivity index (χ2n) is 4.84. The first-order valence-electron chi connectivity index (χ1n) is 7.40. The zero-order valence-corrected chi connectivity index (χ0v) is 13.3. The first-order valence-corrected chi connectivity index (χ1v) is 7.40. The summed E-state index contributed by atoms with van der Waals surface area (Å²) in [6.07, 6.45) is -1.67. The molecule has 0 radical (unpaired) electrons. The molecule has 6 nitrogen and oxygen atoms in total. The molecule has 2 aromatic rings. The number of hydrogen-bond acceptors (Lipinski definition) is 5. The van der Waals surface area contributed by atoms with Gasteiger partial charge in [0.25, 0.3) is 5.91 Å². The van der Waals surface area contributed by atoms with Gasteiger partial charge in [0.1, 0.15) is 5.56 Å². The van der Waals surface area contributed by atoms with Crippen LogP contribution in [0.2, 0.25) is 0 Å². The number of hydrogen-bond donors (Lipinski definition) is 1. The number of nitrogens with one attached hydrogen (secondary N) is 1. The number of aromatic nitrogens is 2. The second kappa shape index (κ2) is 8.32. The van der Waals surface area contributed by atoms with Crippen molar-refractivity contribution in [2.75, 3.05) is 13.2 Å². The molecule has 0 spiro atoms. The SMILES string of the molecule is CCOc1ncccc1C(=O)NCc1cccnc1OCC(F)(F)F. The number of rotatable bonds is 7. The van der Waals surface area contributed by atoms with Crippen LogP contribution < -0.4 is 14.8 Å². The van der Waals surface area contributed by atoms with Crippen molar-refractivity contribution < 1.29 is 27.4 Å². The Bertz CT molecular complexity index is 723. The predicted molar refractivity (Wildman–Crippen MR) is 82.4 cm³/mol. The number of nitrogens with zero attached hydrogens (tertiary/aromatic N) is 2. The van der Waals surface area contributed by atoms with Crippen molar-refractivity contribution >= 4 is 5.91 Å². The van der Waals surface area contributed by atoms with Crippen molar-refractivity contribution in [3.05, 3.63) is 47.8 Å². The van der Waals surface area contributed by atoms with Crippen LogP contribution in [0.25, 0.3) is 0 Å². The Balaban J connectivity index is 2.05. The molecule has 0 aliphatic carbocycles. The molecule has 0 aromatic carbocycles. The van der Waals surface area contributed by atoms with Crippen LogP contribution in [-0.4, -0.2) is 35.3 Å². The summed E-state index contributed by atoms with van der Waals surface area (Å²) in [5.74, 6) is -0.472. The minimum absolute atomic E-state index is 0.0552. The van der Waals surface area contributed by atoms with Gasteiger partial charge in [-0.3, -0.25) is 4.79 Å². The molecule has 0 atom stereocenters. The van der Waals surface area contributed by atoms with E-state index in [0.717, 1.165) is 0 Å². The highest BCUT2D eigenvalue weighted by Crippen LogP contribution is 2.20. The van der Waals surface area contributed by atoms with Gasteiger partial charge in [0.15, 0.2) is 6.61 Å².